The molecule has 4 N–H and O–H groups in total. The highest BCUT2D eigenvalue weighted by Crippen LogP contribution is 2.39. The van der Waals surface area contributed by atoms with Crippen molar-refractivity contribution in [3.63, 3.8) is 0 Å². The van der Waals surface area contributed by atoms with Gasteiger partial charge in [0.2, 0.25) is 0 Å². The predicted octanol–water partition coefficient (Wildman–Crippen LogP) is 2.64. The van der Waals surface area contributed by atoms with Gasteiger partial charge in [0.1, 0.15) is 5.75 Å². The highest BCUT2D eigenvalue weighted by molar-refractivity contribution is 7.60. The van der Waals surface area contributed by atoms with E-state index < -0.39 is 7.59 Å². The zero-order valence-electron chi connectivity index (χ0n) is 11.2. The van der Waals surface area contributed by atoms with Crippen LogP contribution in [0.25, 0.3) is 0 Å². The number of ether oxygens (including phenoxy) is 1. The number of unbranched alkanes of at least 4 members (excludes halogenated alkanes) is 1. The highest BCUT2D eigenvalue weighted by atomic mass is 31.2. The normalized spacial score (nSPS) is 11.4. The van der Waals surface area contributed by atoms with Gasteiger partial charge in [-0.25, -0.2) is 0 Å². The molecule has 1 rings (SSSR count). The van der Waals surface area contributed by atoms with Crippen LogP contribution in [-0.4, -0.2) is 13.7 Å². The minimum absolute atomic E-state index is 0.591. The van der Waals surface area contributed by atoms with Crippen LogP contribution in [0.4, 0.5) is 5.69 Å². The fourth-order valence-corrected chi connectivity index (χ4v) is 2.81. The van der Waals surface area contributed by atoms with Crippen molar-refractivity contribution in [3.8, 4) is 5.75 Å². The minimum atomic E-state index is -3.29. The molecule has 0 atom stereocenters. The van der Waals surface area contributed by atoms with E-state index in [4.69, 9.17) is 15.7 Å². The number of nitrogens with two attached hydrogens (primary N) is 2. The lowest BCUT2D eigenvalue weighted by Gasteiger charge is -2.29. The summed E-state index contributed by atoms with van der Waals surface area (Å²) >= 11 is 0. The van der Waals surface area contributed by atoms with E-state index in [1.807, 2.05) is 25.1 Å². The lowest BCUT2D eigenvalue weighted by molar-refractivity contribution is 0.414. The van der Waals surface area contributed by atoms with Gasteiger partial charge in [0, 0.05) is 12.2 Å². The Bertz CT molecular complexity index is 445. The van der Waals surface area contributed by atoms with E-state index in [1.165, 1.54) is 0 Å². The maximum absolute atomic E-state index is 12.0. The van der Waals surface area contributed by atoms with Crippen molar-refractivity contribution in [1.29, 1.82) is 0 Å². The number of hydrogen-bond acceptors (Lipinski definition) is 2. The molecule has 0 heterocycles. The molecule has 5 nitrogen and oxygen atoms in total. The van der Waals surface area contributed by atoms with Gasteiger partial charge in [-0.3, -0.25) is 20.2 Å². The Balaban J connectivity index is 3.09. The molecule has 0 radical (unpaired) electrons. The second-order valence-corrected chi connectivity index (χ2v) is 6.13. The summed E-state index contributed by atoms with van der Waals surface area (Å²) in [6.45, 7) is 4.58. The molecule has 102 valence electrons. The second-order valence-electron chi connectivity index (χ2n) is 4.30. The minimum Gasteiger partial charge on any atom is -0.497 e. The van der Waals surface area contributed by atoms with Gasteiger partial charge in [-0.1, -0.05) is 13.3 Å². The topological polar surface area (TPSA) is 81.6 Å². The van der Waals surface area contributed by atoms with Crippen molar-refractivity contribution >= 4 is 13.3 Å². The third-order valence-electron chi connectivity index (χ3n) is 2.78. The van der Waals surface area contributed by atoms with Crippen LogP contribution in [0.1, 0.15) is 25.3 Å². The van der Waals surface area contributed by atoms with Crippen LogP contribution < -0.4 is 20.4 Å². The van der Waals surface area contributed by atoms with Crippen molar-refractivity contribution in [2.24, 2.45) is 11.0 Å². The van der Waals surface area contributed by atoms with Crippen molar-refractivity contribution < 1.29 is 9.30 Å². The van der Waals surface area contributed by atoms with Crippen molar-refractivity contribution in [2.75, 3.05) is 18.3 Å². The molecule has 0 aliphatic carbocycles. The van der Waals surface area contributed by atoms with Crippen LogP contribution in [0.2, 0.25) is 0 Å². The van der Waals surface area contributed by atoms with Gasteiger partial charge in [0.15, 0.2) is 0 Å². The molecule has 0 saturated carbocycles. The zero-order valence-corrected chi connectivity index (χ0v) is 12.1. The number of anilines is 1. The Hall–Kier alpha value is -1.03. The molecule has 1 aromatic carbocycles. The number of methoxy groups -OCH3 is 1. The SMILES string of the molecule is CCCCN(c1ccc(OC)cc1C)P(N)(N)=O. The molecule has 0 bridgehead atoms. The average Bonchev–Trinajstić information content (AvgIpc) is 2.29. The van der Waals surface area contributed by atoms with E-state index >= 15 is 0 Å². The summed E-state index contributed by atoms with van der Waals surface area (Å²) in [5, 5.41) is 0. The fourth-order valence-electron chi connectivity index (χ4n) is 1.80. The van der Waals surface area contributed by atoms with E-state index in [0.29, 0.717) is 6.54 Å². The molecule has 18 heavy (non-hydrogen) atoms. The zero-order chi connectivity index (χ0) is 13.8. The van der Waals surface area contributed by atoms with Gasteiger partial charge < -0.3 is 4.74 Å². The second kappa shape index (κ2) is 6.23. The molecule has 1 aromatic rings. The molecular formula is C12H22N3O2P. The van der Waals surface area contributed by atoms with E-state index in [0.717, 1.165) is 29.8 Å². The third-order valence-corrected chi connectivity index (χ3v) is 3.95. The Morgan fingerprint density at radius 2 is 2.06 bits per heavy atom. The number of benzene rings is 1. The first-order chi connectivity index (χ1) is 8.40. The fraction of sp³-hybridized carbons (Fsp3) is 0.500. The van der Waals surface area contributed by atoms with Gasteiger partial charge in [-0.15, -0.1) is 0 Å². The Morgan fingerprint density at radius 3 is 2.50 bits per heavy atom. The molecule has 0 aliphatic rings. The molecule has 0 saturated heterocycles. The van der Waals surface area contributed by atoms with Crippen molar-refractivity contribution in [2.45, 2.75) is 26.7 Å². The number of hydrogen-bond donors (Lipinski definition) is 2. The Morgan fingerprint density at radius 1 is 1.39 bits per heavy atom. The first kappa shape index (κ1) is 15.0. The highest BCUT2D eigenvalue weighted by Gasteiger charge is 2.22. The molecule has 0 aliphatic heterocycles. The van der Waals surface area contributed by atoms with Gasteiger partial charge in [0.25, 0.3) is 0 Å². The van der Waals surface area contributed by atoms with Gasteiger partial charge in [-0.05, 0) is 37.1 Å². The summed E-state index contributed by atoms with van der Waals surface area (Å²) in [7, 11) is -1.67. The first-order valence-electron chi connectivity index (χ1n) is 6.00. The standard InChI is InChI=1S/C12H22N3O2P/c1-4-5-8-15(18(13,14)16)12-7-6-11(17-3)9-10(12)2/h6-7,9H,4-5,8H2,1-3H3,(H4,13,14,16). The lowest BCUT2D eigenvalue weighted by Crippen LogP contribution is -2.30. The number of nitrogens with zero attached hydrogens (tertiary/aromatic N) is 1. The summed E-state index contributed by atoms with van der Waals surface area (Å²) < 4.78 is 18.7. The van der Waals surface area contributed by atoms with Crippen LogP contribution in [0.5, 0.6) is 5.75 Å². The maximum Gasteiger partial charge on any atom is 0.300 e. The monoisotopic (exact) mass is 271 g/mol. The quantitative estimate of drug-likeness (QED) is 0.777. The maximum atomic E-state index is 12.0. The molecule has 0 fully saturated rings. The third kappa shape index (κ3) is 3.73. The number of aryl methyl sites for hydroxylation is 1. The first-order valence-corrected chi connectivity index (χ1v) is 7.79. The van der Waals surface area contributed by atoms with Crippen molar-refractivity contribution in [1.82, 2.24) is 0 Å². The van der Waals surface area contributed by atoms with Gasteiger partial charge in [0.05, 0.1) is 7.11 Å². The molecule has 6 heteroatoms. The molecule has 0 unspecified atom stereocenters. The molecular weight excluding hydrogens is 249 g/mol. The van der Waals surface area contributed by atoms with Gasteiger partial charge in [-0.2, -0.15) is 0 Å². The molecule has 0 spiro atoms. The molecule has 0 amide bonds. The summed E-state index contributed by atoms with van der Waals surface area (Å²) in [6.07, 6.45) is 1.88. The number of rotatable bonds is 6. The van der Waals surface area contributed by atoms with E-state index in [2.05, 4.69) is 6.92 Å². The molecule has 0 aromatic heterocycles. The average molecular weight is 271 g/mol. The van der Waals surface area contributed by atoms with Crippen LogP contribution in [0, 0.1) is 6.92 Å². The lowest BCUT2D eigenvalue weighted by atomic mass is 10.2. The van der Waals surface area contributed by atoms with Gasteiger partial charge >= 0.3 is 7.59 Å². The summed E-state index contributed by atoms with van der Waals surface area (Å²) in [5.41, 5.74) is 13.0. The summed E-state index contributed by atoms with van der Waals surface area (Å²) in [5.74, 6) is 0.760. The largest absolute Gasteiger partial charge is 0.497 e. The van der Waals surface area contributed by atoms with E-state index in [1.54, 1.807) is 11.8 Å². The van der Waals surface area contributed by atoms with E-state index in [-0.39, 0.29) is 0 Å². The van der Waals surface area contributed by atoms with Crippen LogP contribution in [-0.2, 0) is 4.57 Å². The van der Waals surface area contributed by atoms with E-state index in [9.17, 15) is 4.57 Å². The predicted molar refractivity (Wildman–Crippen MR) is 76.0 cm³/mol. The van der Waals surface area contributed by atoms with Crippen LogP contribution in [0.15, 0.2) is 18.2 Å². The van der Waals surface area contributed by atoms with Crippen LogP contribution in [0.3, 0.4) is 0 Å². The summed E-state index contributed by atoms with van der Waals surface area (Å²) in [4.78, 5) is 0. The summed E-state index contributed by atoms with van der Waals surface area (Å²) in [6, 6.07) is 5.54. The Kier molecular flexibility index (Phi) is 5.20. The van der Waals surface area contributed by atoms with Crippen LogP contribution >= 0.6 is 7.59 Å². The Labute approximate surface area is 109 Å². The van der Waals surface area contributed by atoms with Crippen molar-refractivity contribution in [3.05, 3.63) is 23.8 Å². The smallest absolute Gasteiger partial charge is 0.300 e.